The average molecular weight is 372 g/mol. The zero-order valence-electron chi connectivity index (χ0n) is 14.5. The molecule has 0 fully saturated rings. The molecule has 7 nitrogen and oxygen atoms in total. The molecular formula is C18H20N4O3S. The van der Waals surface area contributed by atoms with Gasteiger partial charge in [-0.15, -0.1) is 0 Å². The van der Waals surface area contributed by atoms with Gasteiger partial charge < -0.3 is 5.32 Å². The lowest BCUT2D eigenvalue weighted by Gasteiger charge is -2.11. The number of fused-ring (bicyclic) bond motifs is 1. The van der Waals surface area contributed by atoms with Crippen LogP contribution in [-0.4, -0.2) is 37.6 Å². The van der Waals surface area contributed by atoms with Crippen LogP contribution in [0, 0.1) is 13.8 Å². The van der Waals surface area contributed by atoms with Crippen LogP contribution in [0.25, 0.3) is 10.9 Å². The van der Waals surface area contributed by atoms with E-state index in [1.807, 2.05) is 19.1 Å². The maximum Gasteiger partial charge on any atom is 0.253 e. The molecule has 1 heterocycles. The Morgan fingerprint density at radius 2 is 1.96 bits per heavy atom. The molecule has 1 amide bonds. The minimum atomic E-state index is -3.62. The number of rotatable bonds is 6. The van der Waals surface area contributed by atoms with Gasteiger partial charge in [-0.25, -0.2) is 13.1 Å². The van der Waals surface area contributed by atoms with Crippen molar-refractivity contribution in [1.82, 2.24) is 20.2 Å². The van der Waals surface area contributed by atoms with Crippen LogP contribution in [-0.2, 0) is 10.0 Å². The van der Waals surface area contributed by atoms with Gasteiger partial charge in [0.2, 0.25) is 10.0 Å². The minimum Gasteiger partial charge on any atom is -0.351 e. The Bertz CT molecular complexity index is 1060. The van der Waals surface area contributed by atoms with Gasteiger partial charge in [0.05, 0.1) is 22.2 Å². The number of aryl methyl sites for hydroxylation is 2. The fraction of sp³-hybridized carbons (Fsp3) is 0.222. The average Bonchev–Trinajstić information content (AvgIpc) is 3.09. The summed E-state index contributed by atoms with van der Waals surface area (Å²) in [7, 11) is -3.62. The van der Waals surface area contributed by atoms with Crippen LogP contribution in [0.5, 0.6) is 0 Å². The number of amides is 1. The third kappa shape index (κ3) is 3.76. The van der Waals surface area contributed by atoms with Gasteiger partial charge in [0.1, 0.15) is 0 Å². The number of nitrogens with zero attached hydrogens (tertiary/aromatic N) is 1. The fourth-order valence-electron chi connectivity index (χ4n) is 2.69. The second-order valence-electron chi connectivity index (χ2n) is 6.06. The van der Waals surface area contributed by atoms with Gasteiger partial charge in [0, 0.05) is 18.5 Å². The van der Waals surface area contributed by atoms with E-state index in [4.69, 9.17) is 0 Å². The molecular weight excluding hydrogens is 352 g/mol. The molecule has 0 aliphatic rings. The van der Waals surface area contributed by atoms with E-state index >= 15 is 0 Å². The summed E-state index contributed by atoms with van der Waals surface area (Å²) in [4.78, 5) is 12.6. The number of carbonyl (C=O) groups excluding carboxylic acids is 1. The lowest BCUT2D eigenvalue weighted by atomic mass is 10.1. The summed E-state index contributed by atoms with van der Waals surface area (Å²) in [6, 6.07) is 10.6. The highest BCUT2D eigenvalue weighted by Gasteiger charge is 2.17. The van der Waals surface area contributed by atoms with Gasteiger partial charge in [0.15, 0.2) is 0 Å². The maximum absolute atomic E-state index is 12.4. The monoisotopic (exact) mass is 372 g/mol. The molecule has 0 aliphatic heterocycles. The number of carbonyl (C=O) groups is 1. The molecule has 1 aromatic heterocycles. The summed E-state index contributed by atoms with van der Waals surface area (Å²) in [5.41, 5.74) is 2.67. The Morgan fingerprint density at radius 3 is 2.77 bits per heavy atom. The Morgan fingerprint density at radius 1 is 1.15 bits per heavy atom. The molecule has 0 saturated heterocycles. The number of hydrogen-bond acceptors (Lipinski definition) is 4. The molecule has 3 rings (SSSR count). The normalized spacial score (nSPS) is 11.6. The van der Waals surface area contributed by atoms with Crippen LogP contribution < -0.4 is 10.0 Å². The standard InChI is InChI=1S/C18H20N4O3S/c1-12-6-7-13(2)16(10-12)26(24,25)21-9-8-19-18(23)15-5-3-4-14-11-20-22-17(14)15/h3-7,10-11,21H,8-9H2,1-2H3,(H,19,23)(H,20,22). The first-order valence-electron chi connectivity index (χ1n) is 8.16. The van der Waals surface area contributed by atoms with Gasteiger partial charge in [0.25, 0.3) is 5.91 Å². The van der Waals surface area contributed by atoms with Crippen molar-refractivity contribution in [2.75, 3.05) is 13.1 Å². The molecule has 0 radical (unpaired) electrons. The van der Waals surface area contributed by atoms with E-state index < -0.39 is 10.0 Å². The summed E-state index contributed by atoms with van der Waals surface area (Å²) in [5, 5.41) is 10.3. The zero-order valence-corrected chi connectivity index (χ0v) is 15.4. The predicted octanol–water partition coefficient (Wildman–Crippen LogP) is 1.89. The third-order valence-electron chi connectivity index (χ3n) is 4.06. The molecule has 0 saturated carbocycles. The third-order valence-corrected chi connectivity index (χ3v) is 5.66. The van der Waals surface area contributed by atoms with E-state index in [-0.39, 0.29) is 23.9 Å². The Kier molecular flexibility index (Phi) is 5.06. The first-order valence-corrected chi connectivity index (χ1v) is 9.64. The van der Waals surface area contributed by atoms with Crippen LogP contribution in [0.4, 0.5) is 0 Å². The lowest BCUT2D eigenvalue weighted by molar-refractivity contribution is 0.0956. The van der Waals surface area contributed by atoms with Crippen LogP contribution >= 0.6 is 0 Å². The highest BCUT2D eigenvalue weighted by molar-refractivity contribution is 7.89. The van der Waals surface area contributed by atoms with Crippen molar-refractivity contribution >= 4 is 26.8 Å². The number of aromatic amines is 1. The van der Waals surface area contributed by atoms with E-state index in [1.54, 1.807) is 37.4 Å². The SMILES string of the molecule is Cc1ccc(C)c(S(=O)(=O)NCCNC(=O)c2cccc3cn[nH]c23)c1. The van der Waals surface area contributed by atoms with Crippen LogP contribution in [0.2, 0.25) is 0 Å². The number of H-pyrrole nitrogens is 1. The number of benzene rings is 2. The molecule has 0 unspecified atom stereocenters. The van der Waals surface area contributed by atoms with Crippen molar-refractivity contribution in [3.05, 3.63) is 59.3 Å². The Hall–Kier alpha value is -2.71. The largest absolute Gasteiger partial charge is 0.351 e. The quantitative estimate of drug-likeness (QED) is 0.575. The first kappa shape index (κ1) is 18.1. The summed E-state index contributed by atoms with van der Waals surface area (Å²) < 4.78 is 27.4. The van der Waals surface area contributed by atoms with Gasteiger partial charge in [-0.3, -0.25) is 9.89 Å². The van der Waals surface area contributed by atoms with E-state index in [0.717, 1.165) is 10.9 Å². The van der Waals surface area contributed by atoms with Gasteiger partial charge in [-0.2, -0.15) is 5.10 Å². The fourth-order valence-corrected chi connectivity index (χ4v) is 4.05. The van der Waals surface area contributed by atoms with Crippen molar-refractivity contribution in [3.63, 3.8) is 0 Å². The molecule has 3 N–H and O–H groups in total. The number of para-hydroxylation sites is 1. The number of nitrogens with one attached hydrogen (secondary N) is 3. The predicted molar refractivity (Wildman–Crippen MR) is 99.5 cm³/mol. The number of aromatic nitrogens is 2. The molecule has 8 heteroatoms. The van der Waals surface area contributed by atoms with E-state index in [0.29, 0.717) is 16.6 Å². The minimum absolute atomic E-state index is 0.0976. The second kappa shape index (κ2) is 7.27. The van der Waals surface area contributed by atoms with Crippen molar-refractivity contribution in [2.45, 2.75) is 18.7 Å². The molecule has 2 aromatic carbocycles. The molecule has 0 atom stereocenters. The lowest BCUT2D eigenvalue weighted by Crippen LogP contribution is -2.35. The molecule has 0 bridgehead atoms. The Balaban J connectivity index is 1.61. The van der Waals surface area contributed by atoms with Crippen LogP contribution in [0.15, 0.2) is 47.5 Å². The van der Waals surface area contributed by atoms with Gasteiger partial charge >= 0.3 is 0 Å². The molecule has 0 aliphatic carbocycles. The molecule has 136 valence electrons. The topological polar surface area (TPSA) is 104 Å². The van der Waals surface area contributed by atoms with E-state index in [1.165, 1.54) is 0 Å². The van der Waals surface area contributed by atoms with Crippen molar-refractivity contribution in [3.8, 4) is 0 Å². The highest BCUT2D eigenvalue weighted by atomic mass is 32.2. The van der Waals surface area contributed by atoms with E-state index in [2.05, 4.69) is 20.2 Å². The summed E-state index contributed by atoms with van der Waals surface area (Å²) >= 11 is 0. The van der Waals surface area contributed by atoms with Crippen molar-refractivity contribution in [1.29, 1.82) is 0 Å². The summed E-state index contributed by atoms with van der Waals surface area (Å²) in [6.07, 6.45) is 1.64. The molecule has 3 aromatic rings. The van der Waals surface area contributed by atoms with Crippen molar-refractivity contribution in [2.24, 2.45) is 0 Å². The number of sulfonamides is 1. The van der Waals surface area contributed by atoms with Crippen LogP contribution in [0.3, 0.4) is 0 Å². The first-order chi connectivity index (χ1) is 12.4. The van der Waals surface area contributed by atoms with Crippen LogP contribution in [0.1, 0.15) is 21.5 Å². The van der Waals surface area contributed by atoms with Crippen molar-refractivity contribution < 1.29 is 13.2 Å². The second-order valence-corrected chi connectivity index (χ2v) is 7.80. The summed E-state index contributed by atoms with van der Waals surface area (Å²) in [6.45, 7) is 3.86. The zero-order chi connectivity index (χ0) is 18.7. The smallest absolute Gasteiger partial charge is 0.253 e. The van der Waals surface area contributed by atoms with Gasteiger partial charge in [-0.1, -0.05) is 24.3 Å². The molecule has 26 heavy (non-hydrogen) atoms. The number of hydrogen-bond donors (Lipinski definition) is 3. The van der Waals surface area contributed by atoms with E-state index in [9.17, 15) is 13.2 Å². The maximum atomic E-state index is 12.4. The Labute approximate surface area is 151 Å². The summed E-state index contributed by atoms with van der Waals surface area (Å²) in [5.74, 6) is -0.286. The highest BCUT2D eigenvalue weighted by Crippen LogP contribution is 2.17. The molecule has 0 spiro atoms. The van der Waals surface area contributed by atoms with Gasteiger partial charge in [-0.05, 0) is 37.1 Å².